The second kappa shape index (κ2) is 10.9. The number of hydrogen-bond donors (Lipinski definition) is 0. The molecule has 2 aliphatic rings. The molecule has 167 valence electrons. The van der Waals surface area contributed by atoms with Crippen LogP contribution in [-0.2, 0) is 0 Å². The van der Waals surface area contributed by atoms with Gasteiger partial charge in [-0.3, -0.25) is 0 Å². The summed E-state index contributed by atoms with van der Waals surface area (Å²) in [7, 11) is 2.68. The summed E-state index contributed by atoms with van der Waals surface area (Å²) in [6.07, 6.45) is 21.0. The zero-order valence-electron chi connectivity index (χ0n) is 20.0. The summed E-state index contributed by atoms with van der Waals surface area (Å²) in [5.74, 6) is 1.44. The Labute approximate surface area is 196 Å². The van der Waals surface area contributed by atoms with E-state index in [1.54, 1.807) is 5.56 Å². The van der Waals surface area contributed by atoms with Gasteiger partial charge >= 0.3 is 0 Å². The quantitative estimate of drug-likeness (QED) is 0.291. The second-order valence-corrected chi connectivity index (χ2v) is 10.6. The van der Waals surface area contributed by atoms with Crippen molar-refractivity contribution in [1.82, 2.24) is 0 Å². The molecule has 0 amide bonds. The molecule has 5 rings (SSSR count). The molecule has 3 aromatic carbocycles. The van der Waals surface area contributed by atoms with E-state index in [2.05, 4.69) is 55.8 Å². The maximum atomic E-state index is 2.68. The molecule has 0 saturated heterocycles. The maximum Gasteiger partial charge on any atom is 0.156 e. The average Bonchev–Trinajstić information content (AvgIpc) is 2.94. The van der Waals surface area contributed by atoms with Gasteiger partial charge in [0, 0.05) is 0 Å². The summed E-state index contributed by atoms with van der Waals surface area (Å²) < 4.78 is 0. The lowest BCUT2D eigenvalue weighted by Gasteiger charge is -2.25. The smallest absolute Gasteiger partial charge is 0.0721 e. The van der Waals surface area contributed by atoms with Crippen LogP contribution >= 0.6 is 0 Å². The average molecular weight is 423 g/mol. The molecule has 32 heavy (non-hydrogen) atoms. The van der Waals surface area contributed by atoms with Crippen LogP contribution in [0.5, 0.6) is 0 Å². The van der Waals surface area contributed by atoms with E-state index in [0.717, 1.165) is 5.82 Å². The van der Waals surface area contributed by atoms with E-state index < -0.39 is 0 Å². The zero-order chi connectivity index (χ0) is 21.6. The van der Waals surface area contributed by atoms with Gasteiger partial charge < -0.3 is 0 Å². The Bertz CT molecular complexity index is 945. The molecule has 2 fully saturated rings. The molecular weight excluding hydrogens is 383 g/mol. The molecule has 1 heteroatoms. The first-order valence-corrected chi connectivity index (χ1v) is 13.7. The summed E-state index contributed by atoms with van der Waals surface area (Å²) in [4.78, 5) is 0. The van der Waals surface area contributed by atoms with Crippen molar-refractivity contribution in [3.8, 4) is 0 Å². The molecule has 0 aliphatic heterocycles. The topological polar surface area (TPSA) is 0 Å². The predicted octanol–water partition coefficient (Wildman–Crippen LogP) is 9.07. The van der Waals surface area contributed by atoms with Crippen molar-refractivity contribution in [3.63, 3.8) is 0 Å². The Hall–Kier alpha value is -1.76. The van der Waals surface area contributed by atoms with Crippen molar-refractivity contribution in [2.24, 2.45) is 0 Å². The lowest BCUT2D eigenvalue weighted by atomic mass is 9.53. The first kappa shape index (κ1) is 22.1. The molecule has 0 atom stereocenters. The first-order chi connectivity index (χ1) is 15.9. The molecule has 0 N–H and O–H groups in total. The van der Waals surface area contributed by atoms with E-state index >= 15 is 0 Å². The van der Waals surface area contributed by atoms with E-state index in [1.165, 1.54) is 123 Å². The van der Waals surface area contributed by atoms with Crippen molar-refractivity contribution < 1.29 is 0 Å². The highest BCUT2D eigenvalue weighted by Gasteiger charge is 2.23. The third-order valence-corrected chi connectivity index (χ3v) is 8.33. The van der Waals surface area contributed by atoms with Crippen LogP contribution in [0.3, 0.4) is 0 Å². The third-order valence-electron chi connectivity index (χ3n) is 8.33. The summed E-state index contributed by atoms with van der Waals surface area (Å²) in [6.45, 7) is 0. The van der Waals surface area contributed by atoms with Gasteiger partial charge in [-0.1, -0.05) is 143 Å². The van der Waals surface area contributed by atoms with Crippen molar-refractivity contribution >= 4 is 34.3 Å². The molecule has 0 spiro atoms. The summed E-state index contributed by atoms with van der Waals surface area (Å²) in [6, 6.07) is 18.8. The SMILES string of the molecule is [B](c1c2ccccc2c(C2CCCCCCCC2)c2ccccc12)C1CCCCCCC1. The lowest BCUT2D eigenvalue weighted by Crippen LogP contribution is -2.23. The van der Waals surface area contributed by atoms with Gasteiger partial charge in [0.25, 0.3) is 0 Å². The van der Waals surface area contributed by atoms with Crippen LogP contribution in [0.15, 0.2) is 48.5 Å². The monoisotopic (exact) mass is 423 g/mol. The van der Waals surface area contributed by atoms with Gasteiger partial charge in [0.1, 0.15) is 0 Å². The summed E-state index contributed by atoms with van der Waals surface area (Å²) in [5, 5.41) is 6.08. The van der Waals surface area contributed by atoms with E-state index in [4.69, 9.17) is 0 Å². The highest BCUT2D eigenvalue weighted by Crippen LogP contribution is 2.39. The van der Waals surface area contributed by atoms with Crippen molar-refractivity contribution in [1.29, 1.82) is 0 Å². The van der Waals surface area contributed by atoms with Crippen LogP contribution in [0.4, 0.5) is 0 Å². The van der Waals surface area contributed by atoms with Crippen LogP contribution in [0, 0.1) is 0 Å². The van der Waals surface area contributed by atoms with Crippen molar-refractivity contribution in [2.45, 2.75) is 108 Å². The van der Waals surface area contributed by atoms with Gasteiger partial charge in [0.15, 0.2) is 7.28 Å². The standard InChI is InChI=1S/C31H40B/c1-2-5-9-17-24(16-8-4-1)30-26-20-12-14-22-28(26)31(29-23-15-13-21-27(29)30)32-25-18-10-6-3-7-11-19-25/h12-15,20-25H,1-11,16-19H2. The molecule has 0 heterocycles. The molecule has 1 radical (unpaired) electrons. The van der Waals surface area contributed by atoms with E-state index in [0.29, 0.717) is 5.92 Å². The molecule has 3 aromatic rings. The summed E-state index contributed by atoms with van der Waals surface area (Å²) in [5.41, 5.74) is 3.18. The van der Waals surface area contributed by atoms with E-state index in [-0.39, 0.29) is 0 Å². The first-order valence-electron chi connectivity index (χ1n) is 13.7. The highest BCUT2D eigenvalue weighted by molar-refractivity contribution is 6.62. The van der Waals surface area contributed by atoms with Gasteiger partial charge in [-0.15, -0.1) is 0 Å². The lowest BCUT2D eigenvalue weighted by molar-refractivity contribution is 0.502. The van der Waals surface area contributed by atoms with Gasteiger partial charge in [-0.25, -0.2) is 0 Å². The van der Waals surface area contributed by atoms with Gasteiger partial charge in [0.2, 0.25) is 0 Å². The largest absolute Gasteiger partial charge is 0.156 e. The van der Waals surface area contributed by atoms with Crippen LogP contribution in [0.1, 0.15) is 108 Å². The minimum absolute atomic E-state index is 0.707. The molecule has 2 aliphatic carbocycles. The third kappa shape index (κ3) is 4.93. The molecule has 0 unspecified atom stereocenters. The van der Waals surface area contributed by atoms with Crippen molar-refractivity contribution in [2.75, 3.05) is 0 Å². The molecular formula is C31H40B. The Morgan fingerprint density at radius 1 is 0.469 bits per heavy atom. The maximum absolute atomic E-state index is 2.68. The van der Waals surface area contributed by atoms with Crippen LogP contribution in [0.25, 0.3) is 21.5 Å². The van der Waals surface area contributed by atoms with Crippen LogP contribution < -0.4 is 5.46 Å². The fourth-order valence-corrected chi connectivity index (χ4v) is 6.63. The molecule has 0 bridgehead atoms. The number of hydrogen-bond acceptors (Lipinski definition) is 0. The van der Waals surface area contributed by atoms with Crippen molar-refractivity contribution in [3.05, 3.63) is 54.1 Å². The molecule has 0 aromatic heterocycles. The predicted molar refractivity (Wildman–Crippen MR) is 143 cm³/mol. The van der Waals surface area contributed by atoms with Gasteiger partial charge in [-0.05, 0) is 45.9 Å². The number of benzene rings is 3. The van der Waals surface area contributed by atoms with E-state index in [9.17, 15) is 0 Å². The molecule has 0 nitrogen and oxygen atoms in total. The van der Waals surface area contributed by atoms with E-state index in [1.807, 2.05) is 0 Å². The zero-order valence-corrected chi connectivity index (χ0v) is 20.0. The minimum Gasteiger partial charge on any atom is -0.0721 e. The van der Waals surface area contributed by atoms with Crippen LogP contribution in [0.2, 0.25) is 5.82 Å². The Morgan fingerprint density at radius 2 is 0.875 bits per heavy atom. The van der Waals surface area contributed by atoms with Gasteiger partial charge in [0.05, 0.1) is 0 Å². The Morgan fingerprint density at radius 3 is 1.38 bits per heavy atom. The number of rotatable bonds is 3. The highest BCUT2D eigenvalue weighted by atomic mass is 14.2. The normalized spacial score (nSPS) is 20.2. The summed E-state index contributed by atoms with van der Waals surface area (Å²) >= 11 is 0. The Kier molecular flexibility index (Phi) is 7.52. The van der Waals surface area contributed by atoms with Gasteiger partial charge in [-0.2, -0.15) is 0 Å². The second-order valence-electron chi connectivity index (χ2n) is 10.6. The fraction of sp³-hybridized carbons (Fsp3) is 0.548. The molecule has 2 saturated carbocycles. The fourth-order valence-electron chi connectivity index (χ4n) is 6.63. The number of fused-ring (bicyclic) bond motifs is 2. The minimum atomic E-state index is 0.707. The Balaban J connectivity index is 1.61. The van der Waals surface area contributed by atoms with Crippen LogP contribution in [-0.4, -0.2) is 7.28 Å².